The van der Waals surface area contributed by atoms with Crippen molar-refractivity contribution in [2.45, 2.75) is 31.2 Å². The molecule has 0 unspecified atom stereocenters. The van der Waals surface area contributed by atoms with Crippen LogP contribution >= 0.6 is 15.9 Å². The molecule has 2 aromatic carbocycles. The highest BCUT2D eigenvalue weighted by atomic mass is 79.9. The summed E-state index contributed by atoms with van der Waals surface area (Å²) < 4.78 is 12.2. The van der Waals surface area contributed by atoms with E-state index in [1.54, 1.807) is 0 Å². The molecule has 0 spiro atoms. The van der Waals surface area contributed by atoms with Crippen LogP contribution in [0.15, 0.2) is 46.9 Å². The zero-order valence-electron chi connectivity index (χ0n) is 13.9. The van der Waals surface area contributed by atoms with Crippen LogP contribution in [0.1, 0.15) is 30.4 Å². The Hall–Kier alpha value is -2.01. The maximum atomic E-state index is 12.9. The number of hydrogen-bond acceptors (Lipinski definition) is 3. The number of ether oxygens (including phenoxy) is 2. The molecular formula is C20H20BrNO3. The van der Waals surface area contributed by atoms with Crippen LogP contribution in [0, 0.1) is 0 Å². The van der Waals surface area contributed by atoms with E-state index in [2.05, 4.69) is 21.2 Å². The molecule has 5 heteroatoms. The summed E-state index contributed by atoms with van der Waals surface area (Å²) in [6.45, 7) is 1.64. The van der Waals surface area contributed by atoms with Gasteiger partial charge in [0.25, 0.3) is 0 Å². The first-order valence-electron chi connectivity index (χ1n) is 8.60. The SMILES string of the molecule is O=C(NCc1ccc2c(c1)OCCO2)C1(c2ccc(Br)cc2)CCC1. The van der Waals surface area contributed by atoms with Crippen LogP contribution in [0.4, 0.5) is 0 Å². The Kier molecular flexibility index (Phi) is 4.42. The Balaban J connectivity index is 1.47. The molecule has 0 saturated heterocycles. The van der Waals surface area contributed by atoms with E-state index in [0.29, 0.717) is 19.8 Å². The molecule has 25 heavy (non-hydrogen) atoms. The number of carbonyl (C=O) groups excluding carboxylic acids is 1. The quantitative estimate of drug-likeness (QED) is 0.843. The third-order valence-corrected chi connectivity index (χ3v) is 5.63. The highest BCUT2D eigenvalue weighted by molar-refractivity contribution is 9.10. The Morgan fingerprint density at radius 1 is 1.04 bits per heavy atom. The molecule has 1 fully saturated rings. The van der Waals surface area contributed by atoms with Crippen LogP contribution < -0.4 is 14.8 Å². The molecule has 1 aliphatic heterocycles. The van der Waals surface area contributed by atoms with Crippen molar-refractivity contribution in [3.8, 4) is 11.5 Å². The van der Waals surface area contributed by atoms with Gasteiger partial charge < -0.3 is 14.8 Å². The van der Waals surface area contributed by atoms with E-state index in [1.807, 2.05) is 42.5 Å². The molecule has 0 aromatic heterocycles. The predicted molar refractivity (Wildman–Crippen MR) is 98.9 cm³/mol. The fourth-order valence-electron chi connectivity index (χ4n) is 3.50. The molecule has 2 aliphatic rings. The second-order valence-electron chi connectivity index (χ2n) is 6.60. The van der Waals surface area contributed by atoms with Gasteiger partial charge in [0.15, 0.2) is 11.5 Å². The molecule has 130 valence electrons. The van der Waals surface area contributed by atoms with Crippen LogP contribution in [0.5, 0.6) is 11.5 Å². The average molecular weight is 402 g/mol. The second-order valence-corrected chi connectivity index (χ2v) is 7.52. The van der Waals surface area contributed by atoms with Crippen molar-refractivity contribution in [1.29, 1.82) is 0 Å². The number of nitrogens with one attached hydrogen (secondary N) is 1. The lowest BCUT2D eigenvalue weighted by molar-refractivity contribution is -0.130. The van der Waals surface area contributed by atoms with Gasteiger partial charge in [-0.25, -0.2) is 0 Å². The van der Waals surface area contributed by atoms with Crippen LogP contribution in [0.3, 0.4) is 0 Å². The minimum Gasteiger partial charge on any atom is -0.486 e. The van der Waals surface area contributed by atoms with Gasteiger partial charge >= 0.3 is 0 Å². The van der Waals surface area contributed by atoms with Gasteiger partial charge in [0.2, 0.25) is 5.91 Å². The van der Waals surface area contributed by atoms with Gasteiger partial charge in [-0.1, -0.05) is 40.5 Å². The highest BCUT2D eigenvalue weighted by Crippen LogP contribution is 2.44. The fourth-order valence-corrected chi connectivity index (χ4v) is 3.76. The molecule has 0 atom stereocenters. The van der Waals surface area contributed by atoms with Crippen molar-refractivity contribution >= 4 is 21.8 Å². The van der Waals surface area contributed by atoms with Gasteiger partial charge in [0, 0.05) is 11.0 Å². The minimum atomic E-state index is -0.380. The van der Waals surface area contributed by atoms with Gasteiger partial charge in [-0.05, 0) is 48.2 Å². The van der Waals surface area contributed by atoms with Gasteiger partial charge in [0.1, 0.15) is 13.2 Å². The summed E-state index contributed by atoms with van der Waals surface area (Å²) in [4.78, 5) is 12.9. The molecule has 4 nitrogen and oxygen atoms in total. The fraction of sp³-hybridized carbons (Fsp3) is 0.350. The maximum Gasteiger partial charge on any atom is 0.230 e. The van der Waals surface area contributed by atoms with Crippen LogP contribution in [-0.2, 0) is 16.8 Å². The van der Waals surface area contributed by atoms with Crippen molar-refractivity contribution in [3.05, 3.63) is 58.1 Å². The molecule has 1 aliphatic carbocycles. The first kappa shape index (κ1) is 16.5. The average Bonchev–Trinajstić information content (AvgIpc) is 2.60. The lowest BCUT2D eigenvalue weighted by Gasteiger charge is -2.40. The van der Waals surface area contributed by atoms with E-state index in [9.17, 15) is 4.79 Å². The van der Waals surface area contributed by atoms with Gasteiger partial charge in [-0.3, -0.25) is 4.79 Å². The molecule has 1 saturated carbocycles. The summed E-state index contributed by atoms with van der Waals surface area (Å²) in [7, 11) is 0. The van der Waals surface area contributed by atoms with Crippen molar-refractivity contribution < 1.29 is 14.3 Å². The summed E-state index contributed by atoms with van der Waals surface area (Å²) in [5.74, 6) is 1.63. The van der Waals surface area contributed by atoms with E-state index in [-0.39, 0.29) is 11.3 Å². The van der Waals surface area contributed by atoms with E-state index < -0.39 is 0 Å². The highest BCUT2D eigenvalue weighted by Gasteiger charge is 2.45. The molecule has 1 amide bonds. The third kappa shape index (κ3) is 3.13. The molecular weight excluding hydrogens is 382 g/mol. The van der Waals surface area contributed by atoms with Crippen LogP contribution in [0.25, 0.3) is 0 Å². The molecule has 2 aromatic rings. The summed E-state index contributed by atoms with van der Waals surface area (Å²) in [6.07, 6.45) is 2.90. The zero-order chi connectivity index (χ0) is 17.3. The van der Waals surface area contributed by atoms with Crippen LogP contribution in [0.2, 0.25) is 0 Å². The van der Waals surface area contributed by atoms with E-state index in [1.165, 1.54) is 0 Å². The Morgan fingerprint density at radius 3 is 2.44 bits per heavy atom. The second kappa shape index (κ2) is 6.71. The molecule has 0 radical (unpaired) electrons. The first-order valence-corrected chi connectivity index (χ1v) is 9.40. The summed E-state index contributed by atoms with van der Waals surface area (Å²) in [6, 6.07) is 13.9. The number of rotatable bonds is 4. The number of fused-ring (bicyclic) bond motifs is 1. The monoisotopic (exact) mass is 401 g/mol. The van der Waals surface area contributed by atoms with Crippen molar-refractivity contribution in [2.24, 2.45) is 0 Å². The summed E-state index contributed by atoms with van der Waals surface area (Å²) in [5.41, 5.74) is 1.73. The van der Waals surface area contributed by atoms with Gasteiger partial charge in [0.05, 0.1) is 5.41 Å². The van der Waals surface area contributed by atoms with Crippen LogP contribution in [-0.4, -0.2) is 19.1 Å². The lowest BCUT2D eigenvalue weighted by Crippen LogP contribution is -2.48. The lowest BCUT2D eigenvalue weighted by atomic mass is 9.64. The number of benzene rings is 2. The predicted octanol–water partition coefficient (Wildman–Crippen LogP) is 3.96. The first-order chi connectivity index (χ1) is 12.2. The molecule has 1 heterocycles. The van der Waals surface area contributed by atoms with Gasteiger partial charge in [-0.2, -0.15) is 0 Å². The molecule has 0 bridgehead atoms. The van der Waals surface area contributed by atoms with Crippen molar-refractivity contribution in [3.63, 3.8) is 0 Å². The maximum absolute atomic E-state index is 12.9. The van der Waals surface area contributed by atoms with E-state index >= 15 is 0 Å². The third-order valence-electron chi connectivity index (χ3n) is 5.10. The number of carbonyl (C=O) groups is 1. The topological polar surface area (TPSA) is 47.6 Å². The molecule has 1 N–H and O–H groups in total. The van der Waals surface area contributed by atoms with Crippen molar-refractivity contribution in [2.75, 3.05) is 13.2 Å². The van der Waals surface area contributed by atoms with E-state index in [0.717, 1.165) is 46.4 Å². The largest absolute Gasteiger partial charge is 0.486 e. The van der Waals surface area contributed by atoms with Crippen molar-refractivity contribution in [1.82, 2.24) is 5.32 Å². The summed E-state index contributed by atoms with van der Waals surface area (Å²) in [5, 5.41) is 3.11. The number of halogens is 1. The normalized spacial score (nSPS) is 17.5. The minimum absolute atomic E-state index is 0.107. The molecule has 4 rings (SSSR count). The standard InChI is InChI=1S/C20H20BrNO3/c21-16-5-3-15(4-6-16)20(8-1-9-20)19(23)22-13-14-2-7-17-18(12-14)25-11-10-24-17/h2-7,12H,1,8-11,13H2,(H,22,23). The number of amides is 1. The zero-order valence-corrected chi connectivity index (χ0v) is 15.5. The van der Waals surface area contributed by atoms with Gasteiger partial charge in [-0.15, -0.1) is 0 Å². The Bertz CT molecular complexity index is 784. The smallest absolute Gasteiger partial charge is 0.230 e. The Morgan fingerprint density at radius 2 is 1.76 bits per heavy atom. The Labute approximate surface area is 155 Å². The van der Waals surface area contributed by atoms with E-state index in [4.69, 9.17) is 9.47 Å². The summed E-state index contributed by atoms with van der Waals surface area (Å²) >= 11 is 3.46. The number of hydrogen-bond donors (Lipinski definition) is 1.